The summed E-state index contributed by atoms with van der Waals surface area (Å²) in [4.78, 5) is 24.1. The summed E-state index contributed by atoms with van der Waals surface area (Å²) in [6.45, 7) is 3.48. The fourth-order valence-electron chi connectivity index (χ4n) is 1.68. The molecular formula is C15H19NO4. The van der Waals surface area contributed by atoms with Crippen LogP contribution in [0.2, 0.25) is 0 Å². The highest BCUT2D eigenvalue weighted by molar-refractivity contribution is 5.95. The third-order valence-corrected chi connectivity index (χ3v) is 3.17. The minimum atomic E-state index is -1.01. The molecule has 0 saturated heterocycles. The first-order valence-corrected chi connectivity index (χ1v) is 6.26. The predicted molar refractivity (Wildman–Crippen MR) is 76.5 cm³/mol. The second-order valence-electron chi connectivity index (χ2n) is 4.69. The Balaban J connectivity index is 2.97. The van der Waals surface area contributed by atoms with E-state index in [0.29, 0.717) is 5.56 Å². The molecule has 0 aliphatic rings. The summed E-state index contributed by atoms with van der Waals surface area (Å²) in [5.74, 6) is -1.19. The molecule has 0 aliphatic carbocycles. The third-order valence-electron chi connectivity index (χ3n) is 3.17. The highest BCUT2D eigenvalue weighted by Gasteiger charge is 2.17. The smallest absolute Gasteiger partial charge is 0.328 e. The minimum Gasteiger partial charge on any atom is -0.478 e. The molecule has 1 aromatic carbocycles. The van der Waals surface area contributed by atoms with E-state index in [2.05, 4.69) is 0 Å². The predicted octanol–water partition coefficient (Wildman–Crippen LogP) is 1.55. The van der Waals surface area contributed by atoms with E-state index in [4.69, 9.17) is 10.2 Å². The molecule has 0 saturated carbocycles. The van der Waals surface area contributed by atoms with Gasteiger partial charge in [-0.05, 0) is 43.2 Å². The number of nitrogens with zero attached hydrogens (tertiary/aromatic N) is 1. The lowest BCUT2D eigenvalue weighted by molar-refractivity contribution is -0.131. The molecule has 0 aromatic heterocycles. The molecule has 108 valence electrons. The first-order chi connectivity index (χ1) is 9.36. The standard InChI is InChI=1S/C15H19NO4/c1-10-8-13(15(20)16(3)11(2)9-17)5-4-12(10)6-7-14(18)19/h4-8,11,17H,9H2,1-3H3,(H,18,19)/b7-6+. The number of aliphatic carboxylic acids is 1. The average Bonchev–Trinajstić information content (AvgIpc) is 2.43. The van der Waals surface area contributed by atoms with Crippen molar-refractivity contribution in [3.05, 3.63) is 41.0 Å². The highest BCUT2D eigenvalue weighted by atomic mass is 16.4. The van der Waals surface area contributed by atoms with Crippen LogP contribution < -0.4 is 0 Å². The molecule has 0 bridgehead atoms. The van der Waals surface area contributed by atoms with Crippen molar-refractivity contribution in [2.45, 2.75) is 19.9 Å². The number of hydrogen-bond donors (Lipinski definition) is 2. The van der Waals surface area contributed by atoms with Gasteiger partial charge in [-0.2, -0.15) is 0 Å². The Morgan fingerprint density at radius 3 is 2.55 bits per heavy atom. The third kappa shape index (κ3) is 3.93. The van der Waals surface area contributed by atoms with Gasteiger partial charge >= 0.3 is 5.97 Å². The summed E-state index contributed by atoms with van der Waals surface area (Å²) in [5, 5.41) is 17.7. The van der Waals surface area contributed by atoms with Crippen molar-refractivity contribution in [1.82, 2.24) is 4.90 Å². The van der Waals surface area contributed by atoms with Crippen molar-refractivity contribution >= 4 is 18.0 Å². The molecule has 1 unspecified atom stereocenters. The van der Waals surface area contributed by atoms with Crippen LogP contribution in [0.4, 0.5) is 0 Å². The summed E-state index contributed by atoms with van der Waals surface area (Å²) >= 11 is 0. The van der Waals surface area contributed by atoms with E-state index < -0.39 is 5.97 Å². The molecule has 0 spiro atoms. The Labute approximate surface area is 118 Å². The number of carboxylic acids is 1. The zero-order valence-corrected chi connectivity index (χ0v) is 11.8. The van der Waals surface area contributed by atoms with Crippen LogP contribution in [-0.2, 0) is 4.79 Å². The molecule has 0 fully saturated rings. The Bertz CT molecular complexity index is 537. The van der Waals surface area contributed by atoms with Gasteiger partial charge in [0.25, 0.3) is 5.91 Å². The van der Waals surface area contributed by atoms with Gasteiger partial charge in [-0.3, -0.25) is 4.79 Å². The lowest BCUT2D eigenvalue weighted by Crippen LogP contribution is -2.37. The van der Waals surface area contributed by atoms with E-state index in [9.17, 15) is 9.59 Å². The Hall–Kier alpha value is -2.14. The zero-order valence-electron chi connectivity index (χ0n) is 11.8. The second-order valence-corrected chi connectivity index (χ2v) is 4.69. The topological polar surface area (TPSA) is 77.8 Å². The second kappa shape index (κ2) is 6.86. The lowest BCUT2D eigenvalue weighted by atomic mass is 10.0. The number of benzene rings is 1. The van der Waals surface area contributed by atoms with E-state index in [1.807, 2.05) is 6.92 Å². The highest BCUT2D eigenvalue weighted by Crippen LogP contribution is 2.15. The number of likely N-dealkylation sites (N-methyl/N-ethyl adjacent to an activating group) is 1. The van der Waals surface area contributed by atoms with Crippen molar-refractivity contribution in [3.8, 4) is 0 Å². The van der Waals surface area contributed by atoms with Crippen molar-refractivity contribution in [3.63, 3.8) is 0 Å². The van der Waals surface area contributed by atoms with Gasteiger partial charge in [0.05, 0.1) is 12.6 Å². The normalized spacial score (nSPS) is 12.4. The van der Waals surface area contributed by atoms with Gasteiger partial charge in [-0.25, -0.2) is 4.79 Å². The Morgan fingerprint density at radius 2 is 2.05 bits per heavy atom. The first kappa shape index (κ1) is 15.9. The van der Waals surface area contributed by atoms with E-state index in [0.717, 1.165) is 17.2 Å². The SMILES string of the molecule is Cc1cc(C(=O)N(C)C(C)CO)ccc1/C=C/C(=O)O. The number of carbonyl (C=O) groups excluding carboxylic acids is 1. The summed E-state index contributed by atoms with van der Waals surface area (Å²) in [6, 6.07) is 4.82. The van der Waals surface area contributed by atoms with Crippen molar-refractivity contribution in [2.24, 2.45) is 0 Å². The number of hydrogen-bond acceptors (Lipinski definition) is 3. The fraction of sp³-hybridized carbons (Fsp3) is 0.333. The van der Waals surface area contributed by atoms with Gasteiger partial charge in [0.2, 0.25) is 0 Å². The monoisotopic (exact) mass is 277 g/mol. The zero-order chi connectivity index (χ0) is 15.3. The number of carboxylic acid groups (broad SMARTS) is 1. The van der Waals surface area contributed by atoms with E-state index in [-0.39, 0.29) is 18.6 Å². The molecule has 1 aromatic rings. The van der Waals surface area contributed by atoms with Crippen LogP contribution in [0.1, 0.15) is 28.4 Å². The maximum atomic E-state index is 12.2. The van der Waals surface area contributed by atoms with Crippen molar-refractivity contribution in [2.75, 3.05) is 13.7 Å². The van der Waals surface area contributed by atoms with Crippen LogP contribution in [0.3, 0.4) is 0 Å². The maximum Gasteiger partial charge on any atom is 0.328 e. The minimum absolute atomic E-state index is 0.0966. The first-order valence-electron chi connectivity index (χ1n) is 6.26. The summed E-state index contributed by atoms with van der Waals surface area (Å²) < 4.78 is 0. The molecule has 2 N–H and O–H groups in total. The van der Waals surface area contributed by atoms with Crippen LogP contribution in [0.25, 0.3) is 6.08 Å². The summed E-state index contributed by atoms with van der Waals surface area (Å²) in [6.07, 6.45) is 2.55. The molecule has 0 aliphatic heterocycles. The van der Waals surface area contributed by atoms with Crippen LogP contribution >= 0.6 is 0 Å². The average molecular weight is 277 g/mol. The fourth-order valence-corrected chi connectivity index (χ4v) is 1.68. The largest absolute Gasteiger partial charge is 0.478 e. The number of amides is 1. The molecule has 1 amide bonds. The van der Waals surface area contributed by atoms with Gasteiger partial charge < -0.3 is 15.1 Å². The number of rotatable bonds is 5. The van der Waals surface area contributed by atoms with Gasteiger partial charge in [0.1, 0.15) is 0 Å². The van der Waals surface area contributed by atoms with Gasteiger partial charge in [-0.15, -0.1) is 0 Å². The summed E-state index contributed by atoms with van der Waals surface area (Å²) in [5.41, 5.74) is 2.08. The van der Waals surface area contributed by atoms with Crippen LogP contribution in [0, 0.1) is 6.92 Å². The molecule has 0 radical (unpaired) electrons. The van der Waals surface area contributed by atoms with Gasteiger partial charge in [0, 0.05) is 18.7 Å². The number of carbonyl (C=O) groups is 2. The number of aliphatic hydroxyl groups is 1. The van der Waals surface area contributed by atoms with Gasteiger partial charge in [-0.1, -0.05) is 6.07 Å². The maximum absolute atomic E-state index is 12.2. The van der Waals surface area contributed by atoms with Crippen LogP contribution in [-0.4, -0.2) is 46.7 Å². The Morgan fingerprint density at radius 1 is 1.40 bits per heavy atom. The summed E-state index contributed by atoms with van der Waals surface area (Å²) in [7, 11) is 1.64. The molecule has 20 heavy (non-hydrogen) atoms. The van der Waals surface area contributed by atoms with E-state index >= 15 is 0 Å². The van der Waals surface area contributed by atoms with Crippen LogP contribution in [0.15, 0.2) is 24.3 Å². The molecule has 5 nitrogen and oxygen atoms in total. The molecule has 5 heteroatoms. The number of aliphatic hydroxyl groups excluding tert-OH is 1. The molecule has 1 atom stereocenters. The van der Waals surface area contributed by atoms with E-state index in [1.54, 1.807) is 32.2 Å². The Kier molecular flexibility index (Phi) is 5.46. The number of aryl methyl sites for hydroxylation is 1. The van der Waals surface area contributed by atoms with Crippen molar-refractivity contribution in [1.29, 1.82) is 0 Å². The van der Waals surface area contributed by atoms with Crippen LogP contribution in [0.5, 0.6) is 0 Å². The molecule has 1 rings (SSSR count). The van der Waals surface area contributed by atoms with Gasteiger partial charge in [0.15, 0.2) is 0 Å². The van der Waals surface area contributed by atoms with Crippen molar-refractivity contribution < 1.29 is 19.8 Å². The lowest BCUT2D eigenvalue weighted by Gasteiger charge is -2.23. The van der Waals surface area contributed by atoms with E-state index in [1.165, 1.54) is 11.0 Å². The molecular weight excluding hydrogens is 258 g/mol. The quantitative estimate of drug-likeness (QED) is 0.800. The molecule has 0 heterocycles.